The lowest BCUT2D eigenvalue weighted by Crippen LogP contribution is -2.48. The summed E-state index contributed by atoms with van der Waals surface area (Å²) in [6, 6.07) is 10.5. The van der Waals surface area contributed by atoms with Crippen molar-refractivity contribution in [3.63, 3.8) is 0 Å². The zero-order valence-corrected chi connectivity index (χ0v) is 19.7. The quantitative estimate of drug-likeness (QED) is 0.662. The van der Waals surface area contributed by atoms with Crippen LogP contribution >= 0.6 is 11.6 Å². The van der Waals surface area contributed by atoms with Gasteiger partial charge in [-0.25, -0.2) is 8.42 Å². The maximum absolute atomic E-state index is 13.2. The van der Waals surface area contributed by atoms with Crippen molar-refractivity contribution in [3.8, 4) is 0 Å². The Morgan fingerprint density at radius 1 is 0.938 bits per heavy atom. The van der Waals surface area contributed by atoms with Gasteiger partial charge in [-0.3, -0.25) is 14.7 Å². The van der Waals surface area contributed by atoms with Crippen LogP contribution in [0.4, 0.5) is 0 Å². The number of piperazine rings is 1. The molecule has 9 heteroatoms. The summed E-state index contributed by atoms with van der Waals surface area (Å²) in [7, 11) is -3.73. The molecule has 2 fully saturated rings. The number of carbonyl (C=O) groups is 1. The molecule has 32 heavy (non-hydrogen) atoms. The van der Waals surface area contributed by atoms with Gasteiger partial charge in [-0.2, -0.15) is 4.31 Å². The first-order valence-corrected chi connectivity index (χ1v) is 13.0. The Balaban J connectivity index is 1.44. The summed E-state index contributed by atoms with van der Waals surface area (Å²) in [6.45, 7) is 4.40. The van der Waals surface area contributed by atoms with E-state index in [0.717, 1.165) is 51.0 Å². The zero-order chi connectivity index (χ0) is 22.6. The lowest BCUT2D eigenvalue weighted by molar-refractivity contribution is 0.0627. The van der Waals surface area contributed by atoms with Crippen molar-refractivity contribution in [1.82, 2.24) is 19.1 Å². The average molecular weight is 477 g/mol. The van der Waals surface area contributed by atoms with Crippen LogP contribution in [0.15, 0.2) is 47.5 Å². The Bertz CT molecular complexity index is 1030. The van der Waals surface area contributed by atoms with Crippen LogP contribution in [0.2, 0.25) is 5.02 Å². The normalized spacial score (nSPS) is 19.0. The first-order chi connectivity index (χ1) is 15.4. The lowest BCUT2D eigenvalue weighted by Gasteiger charge is -2.34. The van der Waals surface area contributed by atoms with E-state index in [-0.39, 0.29) is 15.8 Å². The molecule has 0 atom stereocenters. The first kappa shape index (κ1) is 23.2. The van der Waals surface area contributed by atoms with E-state index < -0.39 is 10.0 Å². The maximum atomic E-state index is 13.2. The Morgan fingerprint density at radius 3 is 2.31 bits per heavy atom. The summed E-state index contributed by atoms with van der Waals surface area (Å²) in [4.78, 5) is 21.6. The summed E-state index contributed by atoms with van der Waals surface area (Å²) in [5.41, 5.74) is 1.37. The Labute approximate surface area is 195 Å². The van der Waals surface area contributed by atoms with E-state index in [2.05, 4.69) is 9.88 Å². The first-order valence-electron chi connectivity index (χ1n) is 11.2. The average Bonchev–Trinajstić information content (AvgIpc) is 3.10. The van der Waals surface area contributed by atoms with E-state index in [1.54, 1.807) is 17.2 Å². The molecule has 0 radical (unpaired) electrons. The number of nitrogens with zero attached hydrogens (tertiary/aromatic N) is 4. The summed E-state index contributed by atoms with van der Waals surface area (Å²) in [5, 5.41) is 0.158. The second-order valence-corrected chi connectivity index (χ2v) is 10.7. The van der Waals surface area contributed by atoms with Crippen molar-refractivity contribution < 1.29 is 13.2 Å². The third-order valence-corrected chi connectivity index (χ3v) is 8.51. The molecular weight excluding hydrogens is 448 g/mol. The molecule has 0 N–H and O–H groups in total. The summed E-state index contributed by atoms with van der Waals surface area (Å²) in [5.74, 6) is -0.161. The molecule has 4 rings (SSSR count). The van der Waals surface area contributed by atoms with Crippen molar-refractivity contribution in [2.45, 2.75) is 37.1 Å². The van der Waals surface area contributed by atoms with Gasteiger partial charge in [-0.15, -0.1) is 0 Å². The molecule has 2 saturated heterocycles. The van der Waals surface area contributed by atoms with Gasteiger partial charge < -0.3 is 4.90 Å². The second-order valence-electron chi connectivity index (χ2n) is 8.35. The van der Waals surface area contributed by atoms with E-state index in [1.165, 1.54) is 16.4 Å². The van der Waals surface area contributed by atoms with Crippen molar-refractivity contribution in [1.29, 1.82) is 0 Å². The van der Waals surface area contributed by atoms with Gasteiger partial charge in [-0.1, -0.05) is 30.5 Å². The number of halogens is 1. The molecule has 0 bridgehead atoms. The van der Waals surface area contributed by atoms with Crippen LogP contribution in [-0.4, -0.2) is 72.7 Å². The van der Waals surface area contributed by atoms with E-state index in [9.17, 15) is 13.2 Å². The number of sulfonamides is 1. The Hall–Kier alpha value is -2.00. The van der Waals surface area contributed by atoms with Crippen molar-refractivity contribution in [2.24, 2.45) is 0 Å². The number of hydrogen-bond donors (Lipinski definition) is 0. The number of benzene rings is 1. The molecule has 7 nitrogen and oxygen atoms in total. The van der Waals surface area contributed by atoms with Crippen LogP contribution in [0, 0.1) is 0 Å². The van der Waals surface area contributed by atoms with E-state index in [0.29, 0.717) is 31.7 Å². The molecule has 0 spiro atoms. The van der Waals surface area contributed by atoms with Crippen LogP contribution < -0.4 is 0 Å². The fraction of sp³-hybridized carbons (Fsp3) is 0.478. The number of rotatable bonds is 5. The molecule has 3 heterocycles. The maximum Gasteiger partial charge on any atom is 0.253 e. The van der Waals surface area contributed by atoms with E-state index in [4.69, 9.17) is 11.6 Å². The highest BCUT2D eigenvalue weighted by Crippen LogP contribution is 2.28. The summed E-state index contributed by atoms with van der Waals surface area (Å²) in [6.07, 6.45) is 5.54. The molecule has 172 valence electrons. The number of aromatic nitrogens is 1. The monoisotopic (exact) mass is 476 g/mol. The molecule has 0 unspecified atom stereocenters. The molecule has 1 amide bonds. The minimum Gasteiger partial charge on any atom is -0.336 e. The Kier molecular flexibility index (Phi) is 7.45. The van der Waals surface area contributed by atoms with Crippen molar-refractivity contribution >= 4 is 27.5 Å². The highest BCUT2D eigenvalue weighted by Gasteiger charge is 2.29. The third-order valence-electron chi connectivity index (χ3n) is 6.13. The topological polar surface area (TPSA) is 73.8 Å². The van der Waals surface area contributed by atoms with Crippen LogP contribution in [0.5, 0.6) is 0 Å². The van der Waals surface area contributed by atoms with E-state index in [1.807, 2.05) is 18.2 Å². The van der Waals surface area contributed by atoms with Gasteiger partial charge in [-0.05, 0) is 43.2 Å². The smallest absolute Gasteiger partial charge is 0.253 e. The van der Waals surface area contributed by atoms with E-state index >= 15 is 0 Å². The molecule has 1 aromatic carbocycles. The van der Waals surface area contributed by atoms with Crippen LogP contribution in [0.1, 0.15) is 41.7 Å². The van der Waals surface area contributed by atoms with Gasteiger partial charge in [0.05, 0.1) is 10.7 Å². The minimum absolute atomic E-state index is 0.0284. The SMILES string of the molecule is O=C(c1ccc(Cl)c(S(=O)(=O)N2CCCCCC2)c1)N1CCN(Cc2ccccn2)CC1. The second kappa shape index (κ2) is 10.3. The van der Waals surface area contributed by atoms with Crippen molar-refractivity contribution in [3.05, 3.63) is 58.9 Å². The number of amides is 1. The van der Waals surface area contributed by atoms with Gasteiger partial charge in [0.25, 0.3) is 5.91 Å². The Morgan fingerprint density at radius 2 is 1.66 bits per heavy atom. The molecule has 2 aliphatic rings. The number of carbonyl (C=O) groups excluding carboxylic acids is 1. The fourth-order valence-electron chi connectivity index (χ4n) is 4.27. The molecule has 2 aromatic rings. The zero-order valence-electron chi connectivity index (χ0n) is 18.1. The molecule has 0 saturated carbocycles. The third kappa shape index (κ3) is 5.31. The van der Waals surface area contributed by atoms with Crippen LogP contribution in [0.3, 0.4) is 0 Å². The van der Waals surface area contributed by atoms with Crippen molar-refractivity contribution in [2.75, 3.05) is 39.3 Å². The lowest BCUT2D eigenvalue weighted by atomic mass is 10.1. The highest BCUT2D eigenvalue weighted by molar-refractivity contribution is 7.89. The van der Waals surface area contributed by atoms with Gasteiger partial charge in [0.1, 0.15) is 4.90 Å². The molecule has 2 aliphatic heterocycles. The molecular formula is C23H29ClN4O3S. The van der Waals surface area contributed by atoms with Gasteiger partial charge >= 0.3 is 0 Å². The van der Waals surface area contributed by atoms with Gasteiger partial charge in [0.2, 0.25) is 10.0 Å². The fourth-order valence-corrected chi connectivity index (χ4v) is 6.29. The van der Waals surface area contributed by atoms with Gasteiger partial charge in [0, 0.05) is 57.6 Å². The van der Waals surface area contributed by atoms with Gasteiger partial charge in [0.15, 0.2) is 0 Å². The predicted octanol–water partition coefficient (Wildman–Crippen LogP) is 3.26. The minimum atomic E-state index is -3.73. The number of hydrogen-bond acceptors (Lipinski definition) is 5. The summed E-state index contributed by atoms with van der Waals surface area (Å²) < 4.78 is 28.0. The number of pyridine rings is 1. The van der Waals surface area contributed by atoms with Crippen LogP contribution in [0.25, 0.3) is 0 Å². The highest BCUT2D eigenvalue weighted by atomic mass is 35.5. The standard InChI is InChI=1S/C23H29ClN4O3S/c24-21-9-8-19(17-22(21)32(30,31)28-11-5-1-2-6-12-28)23(29)27-15-13-26(14-16-27)18-20-7-3-4-10-25-20/h3-4,7-10,17H,1-2,5-6,11-16,18H2. The summed E-state index contributed by atoms with van der Waals surface area (Å²) >= 11 is 6.28. The molecule has 0 aliphatic carbocycles. The molecule has 1 aromatic heterocycles. The van der Waals surface area contributed by atoms with Crippen LogP contribution in [-0.2, 0) is 16.6 Å². The predicted molar refractivity (Wildman–Crippen MR) is 124 cm³/mol. The largest absolute Gasteiger partial charge is 0.336 e.